The number of fused-ring (bicyclic) bond motifs is 1. The Balaban J connectivity index is 1.49. The number of furan rings is 1. The van der Waals surface area contributed by atoms with Crippen molar-refractivity contribution in [2.24, 2.45) is 5.92 Å². The van der Waals surface area contributed by atoms with Crippen LogP contribution in [0.2, 0.25) is 0 Å². The Labute approximate surface area is 151 Å². The molecule has 1 atom stereocenters. The van der Waals surface area contributed by atoms with Crippen LogP contribution in [-0.4, -0.2) is 47.1 Å². The normalized spacial score (nSPS) is 18.0. The third-order valence-corrected chi connectivity index (χ3v) is 4.67. The fraction of sp³-hybridized carbons (Fsp3) is 0.350. The first-order valence-electron chi connectivity index (χ1n) is 8.82. The van der Waals surface area contributed by atoms with Gasteiger partial charge >= 0.3 is 0 Å². The highest BCUT2D eigenvalue weighted by molar-refractivity contribution is 5.92. The van der Waals surface area contributed by atoms with E-state index >= 15 is 0 Å². The van der Waals surface area contributed by atoms with Crippen molar-refractivity contribution in [1.82, 2.24) is 14.9 Å². The van der Waals surface area contributed by atoms with Gasteiger partial charge in [0.25, 0.3) is 5.91 Å². The van der Waals surface area contributed by atoms with Gasteiger partial charge in [0.15, 0.2) is 0 Å². The van der Waals surface area contributed by atoms with E-state index in [-0.39, 0.29) is 11.8 Å². The maximum Gasteiger partial charge on any atom is 0.272 e. The fourth-order valence-electron chi connectivity index (χ4n) is 3.39. The second kappa shape index (κ2) is 7.25. The van der Waals surface area contributed by atoms with Crippen LogP contribution in [0.1, 0.15) is 21.9 Å². The van der Waals surface area contributed by atoms with Crippen LogP contribution in [0.25, 0.3) is 11.0 Å². The summed E-state index contributed by atoms with van der Waals surface area (Å²) in [5.41, 5.74) is 2.52. The molecule has 134 valence electrons. The Morgan fingerprint density at radius 1 is 1.31 bits per heavy atom. The minimum atomic E-state index is -0.0625. The molecular weight excluding hydrogens is 330 g/mol. The zero-order valence-corrected chi connectivity index (χ0v) is 14.7. The maximum atomic E-state index is 12.8. The van der Waals surface area contributed by atoms with Crippen molar-refractivity contribution in [3.8, 4) is 0 Å². The molecule has 1 fully saturated rings. The summed E-state index contributed by atoms with van der Waals surface area (Å²) in [6, 6.07) is 9.88. The Morgan fingerprint density at radius 2 is 2.23 bits per heavy atom. The number of hydrogen-bond donors (Lipinski definition) is 0. The lowest BCUT2D eigenvalue weighted by atomic mass is 9.99. The summed E-state index contributed by atoms with van der Waals surface area (Å²) in [5, 5.41) is 1.10. The topological polar surface area (TPSA) is 68.5 Å². The summed E-state index contributed by atoms with van der Waals surface area (Å²) in [6.45, 7) is 4.20. The van der Waals surface area contributed by atoms with Crippen LogP contribution in [-0.2, 0) is 11.2 Å². The van der Waals surface area contributed by atoms with E-state index in [2.05, 4.69) is 28.2 Å². The van der Waals surface area contributed by atoms with Crippen molar-refractivity contribution in [2.45, 2.75) is 13.3 Å². The van der Waals surface area contributed by atoms with Crippen LogP contribution < -0.4 is 0 Å². The lowest BCUT2D eigenvalue weighted by Gasteiger charge is -2.23. The quantitative estimate of drug-likeness (QED) is 0.726. The van der Waals surface area contributed by atoms with Gasteiger partial charge in [0, 0.05) is 30.6 Å². The molecule has 3 heterocycles. The maximum absolute atomic E-state index is 12.8. The van der Waals surface area contributed by atoms with Crippen LogP contribution in [0.4, 0.5) is 0 Å². The molecule has 6 heteroatoms. The van der Waals surface area contributed by atoms with Gasteiger partial charge in [-0.05, 0) is 37.1 Å². The minimum Gasteiger partial charge on any atom is -0.464 e. The van der Waals surface area contributed by atoms with Crippen LogP contribution in [0.5, 0.6) is 0 Å². The van der Waals surface area contributed by atoms with Gasteiger partial charge in [-0.3, -0.25) is 4.79 Å². The number of carbonyl (C=O) groups excluding carboxylic acids is 1. The van der Waals surface area contributed by atoms with E-state index < -0.39 is 0 Å². The van der Waals surface area contributed by atoms with E-state index in [9.17, 15) is 4.79 Å². The second-order valence-corrected chi connectivity index (χ2v) is 6.68. The lowest BCUT2D eigenvalue weighted by Crippen LogP contribution is -2.37. The van der Waals surface area contributed by atoms with Gasteiger partial charge in [-0.15, -0.1) is 0 Å². The summed E-state index contributed by atoms with van der Waals surface area (Å²) >= 11 is 0. The van der Waals surface area contributed by atoms with Crippen molar-refractivity contribution in [3.63, 3.8) is 0 Å². The van der Waals surface area contributed by atoms with Crippen LogP contribution in [0.15, 0.2) is 47.2 Å². The molecule has 0 saturated carbocycles. The first-order valence-corrected chi connectivity index (χ1v) is 8.82. The van der Waals surface area contributed by atoms with E-state index in [1.165, 1.54) is 5.56 Å². The highest BCUT2D eigenvalue weighted by Crippen LogP contribution is 2.21. The molecule has 2 aromatic heterocycles. The Kier molecular flexibility index (Phi) is 4.67. The summed E-state index contributed by atoms with van der Waals surface area (Å²) in [7, 11) is 0. The molecule has 0 N–H and O–H groups in total. The first kappa shape index (κ1) is 16.7. The van der Waals surface area contributed by atoms with E-state index in [1.54, 1.807) is 25.5 Å². The number of aromatic nitrogens is 2. The average Bonchev–Trinajstić information content (AvgIpc) is 2.99. The number of hydrogen-bond acceptors (Lipinski definition) is 5. The number of ether oxygens (including phenoxy) is 1. The molecule has 0 bridgehead atoms. The molecule has 26 heavy (non-hydrogen) atoms. The van der Waals surface area contributed by atoms with Gasteiger partial charge in [-0.1, -0.05) is 12.1 Å². The molecule has 0 radical (unpaired) electrons. The monoisotopic (exact) mass is 351 g/mol. The highest BCUT2D eigenvalue weighted by Gasteiger charge is 2.24. The molecule has 4 rings (SSSR count). The Morgan fingerprint density at radius 3 is 3.12 bits per heavy atom. The number of rotatable bonds is 3. The fourth-order valence-corrected chi connectivity index (χ4v) is 3.39. The predicted octanol–water partition coefficient (Wildman–Crippen LogP) is 2.86. The number of amides is 1. The average molecular weight is 351 g/mol. The number of nitrogens with zero attached hydrogens (tertiary/aromatic N) is 3. The molecule has 6 nitrogen and oxygen atoms in total. The van der Waals surface area contributed by atoms with Crippen LogP contribution in [0, 0.1) is 12.8 Å². The zero-order valence-electron chi connectivity index (χ0n) is 14.7. The number of carbonyl (C=O) groups is 1. The summed E-state index contributed by atoms with van der Waals surface area (Å²) < 4.78 is 11.2. The third-order valence-electron chi connectivity index (χ3n) is 4.67. The highest BCUT2D eigenvalue weighted by atomic mass is 16.5. The molecule has 1 saturated heterocycles. The van der Waals surface area contributed by atoms with Crippen molar-refractivity contribution in [3.05, 3.63) is 59.9 Å². The third kappa shape index (κ3) is 3.60. The van der Waals surface area contributed by atoms with Gasteiger partial charge < -0.3 is 14.1 Å². The lowest BCUT2D eigenvalue weighted by molar-refractivity contribution is 0.0731. The van der Waals surface area contributed by atoms with Gasteiger partial charge in [-0.25, -0.2) is 9.97 Å². The van der Waals surface area contributed by atoms with Gasteiger partial charge in [0.05, 0.1) is 19.5 Å². The van der Waals surface area contributed by atoms with Crippen molar-refractivity contribution in [1.29, 1.82) is 0 Å². The molecular formula is C20H21N3O3. The molecule has 0 aliphatic carbocycles. The SMILES string of the molecule is Cc1nccc(C(=O)N2CCOC[C@@H](Cc3ccc4ccoc4c3)C2)n1. The van der Waals surface area contributed by atoms with Gasteiger partial charge in [-0.2, -0.15) is 0 Å². The van der Waals surface area contributed by atoms with Crippen molar-refractivity contribution < 1.29 is 13.9 Å². The zero-order chi connectivity index (χ0) is 17.9. The predicted molar refractivity (Wildman–Crippen MR) is 96.9 cm³/mol. The molecule has 0 unspecified atom stereocenters. The van der Waals surface area contributed by atoms with Crippen LogP contribution >= 0.6 is 0 Å². The Hall–Kier alpha value is -2.73. The van der Waals surface area contributed by atoms with E-state index in [4.69, 9.17) is 9.15 Å². The van der Waals surface area contributed by atoms with Crippen molar-refractivity contribution in [2.75, 3.05) is 26.3 Å². The summed E-state index contributed by atoms with van der Waals surface area (Å²) in [6.07, 6.45) is 4.16. The van der Waals surface area contributed by atoms with E-state index in [0.717, 1.165) is 17.4 Å². The molecule has 0 spiro atoms. The van der Waals surface area contributed by atoms with Crippen LogP contribution in [0.3, 0.4) is 0 Å². The minimum absolute atomic E-state index is 0.0625. The molecule has 1 aliphatic rings. The van der Waals surface area contributed by atoms with E-state index in [1.807, 2.05) is 11.0 Å². The Bertz CT molecular complexity index is 921. The molecule has 1 aliphatic heterocycles. The van der Waals surface area contributed by atoms with Crippen molar-refractivity contribution >= 4 is 16.9 Å². The molecule has 1 amide bonds. The largest absolute Gasteiger partial charge is 0.464 e. The van der Waals surface area contributed by atoms with E-state index in [0.29, 0.717) is 37.8 Å². The molecule has 1 aromatic carbocycles. The second-order valence-electron chi connectivity index (χ2n) is 6.68. The number of benzene rings is 1. The van der Waals surface area contributed by atoms with Gasteiger partial charge in [0.2, 0.25) is 0 Å². The standard InChI is InChI=1S/C20H21N3O3/c1-14-21-6-4-18(22-14)20(24)23-7-9-25-13-16(12-23)10-15-2-3-17-5-8-26-19(17)11-15/h2-6,8,11,16H,7,9-10,12-13H2,1H3/t16-/m0/s1. The summed E-state index contributed by atoms with van der Waals surface area (Å²) in [5.74, 6) is 0.773. The van der Waals surface area contributed by atoms with Gasteiger partial charge in [0.1, 0.15) is 17.1 Å². The first-order chi connectivity index (χ1) is 12.7. The smallest absolute Gasteiger partial charge is 0.272 e. The summed E-state index contributed by atoms with van der Waals surface area (Å²) in [4.78, 5) is 23.0. The molecule has 3 aromatic rings. The number of aryl methyl sites for hydroxylation is 1.